The second-order valence-corrected chi connectivity index (χ2v) is 6.53. The third kappa shape index (κ3) is 6.10. The molecule has 6 nitrogen and oxygen atoms in total. The van der Waals surface area contributed by atoms with Crippen LogP contribution in [0.5, 0.6) is 0 Å². The van der Waals surface area contributed by atoms with E-state index >= 15 is 0 Å². The number of hydrogen-bond acceptors (Lipinski definition) is 3. The molecule has 0 heterocycles. The molecule has 1 unspecified atom stereocenters. The van der Waals surface area contributed by atoms with Gasteiger partial charge in [0.05, 0.1) is 0 Å². The molecule has 0 saturated carbocycles. The van der Waals surface area contributed by atoms with Crippen molar-refractivity contribution in [2.45, 2.75) is 46.2 Å². The number of nitrogens with one attached hydrogen (secondary N) is 2. The first kappa shape index (κ1) is 18.7. The maximum absolute atomic E-state index is 12.1. The summed E-state index contributed by atoms with van der Waals surface area (Å²) in [4.78, 5) is 35.3. The molecule has 0 aliphatic rings. The molecule has 1 rings (SSSR count). The predicted octanol–water partition coefficient (Wildman–Crippen LogP) is 1.35. The number of carbonyl (C=O) groups excluding carboxylic acids is 2. The highest BCUT2D eigenvalue weighted by Crippen LogP contribution is 2.12. The lowest BCUT2D eigenvalue weighted by molar-refractivity contribution is -0.142. The quantitative estimate of drug-likeness (QED) is 0.737. The summed E-state index contributed by atoms with van der Waals surface area (Å²) in [6.45, 7) is 6.74. The van der Waals surface area contributed by atoms with Gasteiger partial charge in [-0.15, -0.1) is 0 Å². The van der Waals surface area contributed by atoms with Gasteiger partial charge in [-0.1, -0.05) is 51.1 Å². The average molecular weight is 320 g/mol. The van der Waals surface area contributed by atoms with Crippen molar-refractivity contribution in [2.75, 3.05) is 0 Å². The van der Waals surface area contributed by atoms with E-state index in [4.69, 9.17) is 0 Å². The fraction of sp³-hybridized carbons (Fsp3) is 0.471. The van der Waals surface area contributed by atoms with Crippen molar-refractivity contribution in [3.8, 4) is 0 Å². The van der Waals surface area contributed by atoms with E-state index in [0.29, 0.717) is 0 Å². The number of amides is 2. The van der Waals surface area contributed by atoms with Crippen LogP contribution in [-0.2, 0) is 20.8 Å². The number of carbonyl (C=O) groups is 3. The normalized spacial score (nSPS) is 13.7. The SMILES string of the molecule is CC(NC(=O)C(C)(C)C)C(=O)N[C@@H](Cc1ccccc1)C(=O)O. The van der Waals surface area contributed by atoms with Crippen LogP contribution in [0.25, 0.3) is 0 Å². The van der Waals surface area contributed by atoms with Crippen LogP contribution in [0, 0.1) is 5.41 Å². The van der Waals surface area contributed by atoms with Gasteiger partial charge in [-0.25, -0.2) is 4.79 Å². The largest absolute Gasteiger partial charge is 0.480 e. The molecule has 6 heteroatoms. The number of hydrogen-bond donors (Lipinski definition) is 3. The highest BCUT2D eigenvalue weighted by atomic mass is 16.4. The Kier molecular flexibility index (Phi) is 6.30. The summed E-state index contributed by atoms with van der Waals surface area (Å²) in [5, 5.41) is 14.3. The molecular weight excluding hydrogens is 296 g/mol. The molecule has 0 saturated heterocycles. The van der Waals surface area contributed by atoms with Gasteiger partial charge in [0.25, 0.3) is 0 Å². The number of rotatable bonds is 6. The molecule has 2 amide bonds. The van der Waals surface area contributed by atoms with Gasteiger partial charge in [0.1, 0.15) is 12.1 Å². The van der Waals surface area contributed by atoms with E-state index in [-0.39, 0.29) is 12.3 Å². The van der Waals surface area contributed by atoms with Crippen molar-refractivity contribution in [1.82, 2.24) is 10.6 Å². The first-order valence-electron chi connectivity index (χ1n) is 7.49. The molecule has 0 fully saturated rings. The summed E-state index contributed by atoms with van der Waals surface area (Å²) in [5.41, 5.74) is 0.191. The van der Waals surface area contributed by atoms with E-state index in [9.17, 15) is 19.5 Å². The van der Waals surface area contributed by atoms with Crippen LogP contribution in [0.15, 0.2) is 30.3 Å². The fourth-order valence-electron chi connectivity index (χ4n) is 1.83. The lowest BCUT2D eigenvalue weighted by Crippen LogP contribution is -2.52. The maximum Gasteiger partial charge on any atom is 0.326 e. The lowest BCUT2D eigenvalue weighted by Gasteiger charge is -2.23. The molecule has 1 aromatic carbocycles. The van der Waals surface area contributed by atoms with Crippen LogP contribution in [0.4, 0.5) is 0 Å². The monoisotopic (exact) mass is 320 g/mol. The van der Waals surface area contributed by atoms with Gasteiger partial charge in [-0.3, -0.25) is 9.59 Å². The van der Waals surface area contributed by atoms with Crippen LogP contribution >= 0.6 is 0 Å². The minimum absolute atomic E-state index is 0.182. The Bertz CT molecular complexity index is 564. The molecular formula is C17H24N2O4. The van der Waals surface area contributed by atoms with E-state index < -0.39 is 29.4 Å². The van der Waals surface area contributed by atoms with E-state index in [2.05, 4.69) is 10.6 Å². The number of aliphatic carboxylic acids is 1. The molecule has 2 atom stereocenters. The first-order chi connectivity index (χ1) is 10.6. The van der Waals surface area contributed by atoms with E-state index in [1.807, 2.05) is 18.2 Å². The van der Waals surface area contributed by atoms with Crippen LogP contribution in [0.1, 0.15) is 33.3 Å². The third-order valence-electron chi connectivity index (χ3n) is 3.32. The summed E-state index contributed by atoms with van der Waals surface area (Å²) in [6, 6.07) is 7.20. The lowest BCUT2D eigenvalue weighted by atomic mass is 9.95. The molecule has 126 valence electrons. The van der Waals surface area contributed by atoms with Crippen molar-refractivity contribution >= 4 is 17.8 Å². The molecule has 1 aromatic rings. The van der Waals surface area contributed by atoms with E-state index in [1.54, 1.807) is 32.9 Å². The van der Waals surface area contributed by atoms with Gasteiger partial charge in [-0.05, 0) is 12.5 Å². The highest BCUT2D eigenvalue weighted by Gasteiger charge is 2.27. The Morgan fingerprint density at radius 1 is 1.09 bits per heavy atom. The average Bonchev–Trinajstić information content (AvgIpc) is 2.46. The zero-order valence-corrected chi connectivity index (χ0v) is 13.9. The summed E-state index contributed by atoms with van der Waals surface area (Å²) in [7, 11) is 0. The van der Waals surface area contributed by atoms with Crippen molar-refractivity contribution in [1.29, 1.82) is 0 Å². The Morgan fingerprint density at radius 3 is 2.13 bits per heavy atom. The van der Waals surface area contributed by atoms with Gasteiger partial charge < -0.3 is 15.7 Å². The second kappa shape index (κ2) is 7.76. The number of carboxylic acid groups (broad SMARTS) is 1. The molecule has 23 heavy (non-hydrogen) atoms. The molecule has 0 aliphatic carbocycles. The summed E-state index contributed by atoms with van der Waals surface area (Å²) in [5.74, 6) is -1.91. The van der Waals surface area contributed by atoms with Gasteiger partial charge >= 0.3 is 5.97 Å². The third-order valence-corrected chi connectivity index (χ3v) is 3.32. The topological polar surface area (TPSA) is 95.5 Å². The van der Waals surface area contributed by atoms with Crippen LogP contribution < -0.4 is 10.6 Å². The van der Waals surface area contributed by atoms with Gasteiger partial charge in [0.2, 0.25) is 11.8 Å². The Balaban J connectivity index is 2.67. The first-order valence-corrected chi connectivity index (χ1v) is 7.49. The van der Waals surface area contributed by atoms with E-state index in [0.717, 1.165) is 5.56 Å². The minimum atomic E-state index is -1.11. The van der Waals surface area contributed by atoms with Crippen molar-refractivity contribution < 1.29 is 19.5 Å². The molecule has 0 spiro atoms. The van der Waals surface area contributed by atoms with Crippen molar-refractivity contribution in [3.63, 3.8) is 0 Å². The second-order valence-electron chi connectivity index (χ2n) is 6.53. The summed E-state index contributed by atoms with van der Waals surface area (Å²) in [6.07, 6.45) is 0.182. The van der Waals surface area contributed by atoms with Crippen LogP contribution in [0.3, 0.4) is 0 Å². The number of benzene rings is 1. The van der Waals surface area contributed by atoms with Gasteiger partial charge in [0.15, 0.2) is 0 Å². The molecule has 3 N–H and O–H groups in total. The fourth-order valence-corrected chi connectivity index (χ4v) is 1.83. The highest BCUT2D eigenvalue weighted by molar-refractivity contribution is 5.91. The molecule has 0 radical (unpaired) electrons. The Morgan fingerprint density at radius 2 is 1.65 bits per heavy atom. The summed E-state index contributed by atoms with van der Waals surface area (Å²) < 4.78 is 0. The minimum Gasteiger partial charge on any atom is -0.480 e. The van der Waals surface area contributed by atoms with Crippen molar-refractivity contribution in [2.24, 2.45) is 5.41 Å². The van der Waals surface area contributed by atoms with E-state index in [1.165, 1.54) is 6.92 Å². The molecule has 0 bridgehead atoms. The maximum atomic E-state index is 12.1. The van der Waals surface area contributed by atoms with Gasteiger partial charge in [0, 0.05) is 11.8 Å². The number of carboxylic acids is 1. The zero-order chi connectivity index (χ0) is 17.6. The van der Waals surface area contributed by atoms with Crippen LogP contribution in [0.2, 0.25) is 0 Å². The Labute approximate surface area is 136 Å². The van der Waals surface area contributed by atoms with Crippen molar-refractivity contribution in [3.05, 3.63) is 35.9 Å². The smallest absolute Gasteiger partial charge is 0.326 e. The molecule has 0 aliphatic heterocycles. The van der Waals surface area contributed by atoms with Crippen LogP contribution in [-0.4, -0.2) is 35.0 Å². The Hall–Kier alpha value is -2.37. The standard InChI is InChI=1S/C17H24N2O4/c1-11(18-16(23)17(2,3)4)14(20)19-13(15(21)22)10-12-8-6-5-7-9-12/h5-9,11,13H,10H2,1-4H3,(H,18,23)(H,19,20)(H,21,22)/t11?,13-/m0/s1. The zero-order valence-electron chi connectivity index (χ0n) is 13.9. The van der Waals surface area contributed by atoms with Gasteiger partial charge in [-0.2, -0.15) is 0 Å². The summed E-state index contributed by atoms with van der Waals surface area (Å²) >= 11 is 0. The molecule has 0 aromatic heterocycles. The predicted molar refractivity (Wildman–Crippen MR) is 86.8 cm³/mol.